The molecule has 1 N–H and O–H groups in total. The van der Waals surface area contributed by atoms with Crippen molar-refractivity contribution in [2.24, 2.45) is 46.3 Å². The van der Waals surface area contributed by atoms with Crippen LogP contribution < -0.4 is 5.32 Å². The molecule has 0 spiro atoms. The molecular formula is C32H59N2O+. The molecule has 8 atom stereocenters. The van der Waals surface area contributed by atoms with E-state index in [1.165, 1.54) is 77.2 Å². The van der Waals surface area contributed by atoms with E-state index in [1.54, 1.807) is 0 Å². The summed E-state index contributed by atoms with van der Waals surface area (Å²) in [6.45, 7) is 13.3. The molecular weight excluding hydrogens is 428 g/mol. The van der Waals surface area contributed by atoms with Gasteiger partial charge in [-0.1, -0.05) is 40.5 Å². The van der Waals surface area contributed by atoms with Crippen molar-refractivity contribution in [3.8, 4) is 0 Å². The fourth-order valence-corrected chi connectivity index (χ4v) is 10.4. The Morgan fingerprint density at radius 1 is 0.943 bits per heavy atom. The molecule has 0 aliphatic heterocycles. The molecule has 0 heterocycles. The molecule has 4 rings (SSSR count). The van der Waals surface area contributed by atoms with Crippen molar-refractivity contribution < 1.29 is 9.28 Å². The number of hydrogen-bond donors (Lipinski definition) is 1. The number of amides is 1. The molecule has 3 nitrogen and oxygen atoms in total. The highest BCUT2D eigenvalue weighted by Crippen LogP contribution is 2.68. The van der Waals surface area contributed by atoms with Crippen LogP contribution in [-0.4, -0.2) is 44.1 Å². The number of hydrogen-bond acceptors (Lipinski definition) is 1. The van der Waals surface area contributed by atoms with Crippen LogP contribution in [0.5, 0.6) is 0 Å². The lowest BCUT2D eigenvalue weighted by molar-refractivity contribution is -0.890. The largest absolute Gasteiger partial charge is 0.356 e. The maximum atomic E-state index is 12.6. The number of fused-ring (bicyclic) bond motifs is 5. The molecule has 0 aromatic carbocycles. The number of carbonyl (C=O) groups is 1. The van der Waals surface area contributed by atoms with Gasteiger partial charge in [-0.3, -0.25) is 4.79 Å². The van der Waals surface area contributed by atoms with Gasteiger partial charge in [0.1, 0.15) is 0 Å². The van der Waals surface area contributed by atoms with E-state index < -0.39 is 0 Å². The predicted molar refractivity (Wildman–Crippen MR) is 148 cm³/mol. The Morgan fingerprint density at radius 2 is 1.71 bits per heavy atom. The Kier molecular flexibility index (Phi) is 8.66. The van der Waals surface area contributed by atoms with Crippen LogP contribution in [0.1, 0.15) is 118 Å². The van der Waals surface area contributed by atoms with Crippen LogP contribution >= 0.6 is 0 Å². The summed E-state index contributed by atoms with van der Waals surface area (Å²) in [5.41, 5.74) is 1.17. The quantitative estimate of drug-likeness (QED) is 0.252. The van der Waals surface area contributed by atoms with Crippen LogP contribution in [0.3, 0.4) is 0 Å². The van der Waals surface area contributed by atoms with Gasteiger partial charge in [0, 0.05) is 19.4 Å². The Balaban J connectivity index is 1.26. The number of rotatable bonds is 10. The highest BCUT2D eigenvalue weighted by atomic mass is 16.1. The maximum absolute atomic E-state index is 12.6. The summed E-state index contributed by atoms with van der Waals surface area (Å²) < 4.78 is 1.06. The molecule has 202 valence electrons. The van der Waals surface area contributed by atoms with Crippen molar-refractivity contribution in [2.75, 3.05) is 33.7 Å². The Morgan fingerprint density at radius 3 is 2.49 bits per heavy atom. The van der Waals surface area contributed by atoms with Gasteiger partial charge < -0.3 is 9.80 Å². The average molecular weight is 488 g/mol. The van der Waals surface area contributed by atoms with Gasteiger partial charge in [0.05, 0.1) is 27.2 Å². The van der Waals surface area contributed by atoms with Crippen molar-refractivity contribution in [3.63, 3.8) is 0 Å². The van der Waals surface area contributed by atoms with Gasteiger partial charge in [0.25, 0.3) is 0 Å². The van der Waals surface area contributed by atoms with Crippen LogP contribution in [0.2, 0.25) is 0 Å². The zero-order valence-corrected chi connectivity index (χ0v) is 24.3. The third-order valence-electron chi connectivity index (χ3n) is 12.3. The van der Waals surface area contributed by atoms with Crippen LogP contribution in [0.4, 0.5) is 0 Å². The molecule has 4 fully saturated rings. The van der Waals surface area contributed by atoms with E-state index in [4.69, 9.17) is 0 Å². The van der Waals surface area contributed by atoms with Crippen LogP contribution in [0.25, 0.3) is 0 Å². The first-order valence-corrected chi connectivity index (χ1v) is 15.7. The first-order chi connectivity index (χ1) is 16.6. The minimum absolute atomic E-state index is 0.282. The standard InChI is InChI=1S/C32H58N2O/c1-7-22-34(5,6)23-10-21-33-30(35)17-12-24(2)27-15-16-28-26-14-13-25-11-8-9-19-31(25,3)29(26)18-20-32(27,28)4/h24-29H,7-23H2,1-6H3/p+1/t24-,25?,26?,27-,28?,29?,31+,32-/m1/s1. The molecule has 0 aromatic rings. The first kappa shape index (κ1) is 27.5. The Labute approximate surface area is 218 Å². The summed E-state index contributed by atoms with van der Waals surface area (Å²) in [5.74, 6) is 5.74. The second-order valence-corrected chi connectivity index (χ2v) is 14.7. The van der Waals surface area contributed by atoms with Gasteiger partial charge in [0.15, 0.2) is 0 Å². The summed E-state index contributed by atoms with van der Waals surface area (Å²) >= 11 is 0. The van der Waals surface area contributed by atoms with Crippen molar-refractivity contribution >= 4 is 5.91 Å². The second-order valence-electron chi connectivity index (χ2n) is 14.7. The lowest BCUT2D eigenvalue weighted by Crippen LogP contribution is -2.53. The molecule has 3 heteroatoms. The first-order valence-electron chi connectivity index (χ1n) is 15.7. The lowest BCUT2D eigenvalue weighted by atomic mass is 9.44. The fourth-order valence-electron chi connectivity index (χ4n) is 10.4. The smallest absolute Gasteiger partial charge is 0.220 e. The van der Waals surface area contributed by atoms with Crippen LogP contribution in [0.15, 0.2) is 0 Å². The van der Waals surface area contributed by atoms with Crippen LogP contribution in [-0.2, 0) is 4.79 Å². The number of carbonyl (C=O) groups excluding carboxylic acids is 1. The van der Waals surface area contributed by atoms with Gasteiger partial charge in [-0.2, -0.15) is 0 Å². The molecule has 35 heavy (non-hydrogen) atoms. The summed E-state index contributed by atoms with van der Waals surface area (Å²) in [6.07, 6.45) is 18.9. The normalized spacial score (nSPS) is 39.9. The molecule has 0 aromatic heterocycles. The van der Waals surface area contributed by atoms with Gasteiger partial charge in [0.2, 0.25) is 5.91 Å². The Hall–Kier alpha value is -0.570. The van der Waals surface area contributed by atoms with E-state index in [2.05, 4.69) is 47.1 Å². The second kappa shape index (κ2) is 11.0. The zero-order chi connectivity index (χ0) is 25.3. The van der Waals surface area contributed by atoms with Crippen LogP contribution in [0, 0.1) is 46.3 Å². The van der Waals surface area contributed by atoms with Gasteiger partial charge >= 0.3 is 0 Å². The Bertz CT molecular complexity index is 718. The summed E-state index contributed by atoms with van der Waals surface area (Å²) in [6, 6.07) is 0. The SMILES string of the molecule is CCC[N+](C)(C)CCCNC(=O)CC[C@@H](C)[C@H]1CCC2C3CCC4CCCC[C@]4(C)C3CC[C@@]21C. The predicted octanol–water partition coefficient (Wildman–Crippen LogP) is 7.44. The highest BCUT2D eigenvalue weighted by molar-refractivity contribution is 5.75. The van der Waals surface area contributed by atoms with E-state index in [1.807, 2.05) is 0 Å². The molecule has 1 amide bonds. The average Bonchev–Trinajstić information content (AvgIpc) is 3.17. The lowest BCUT2D eigenvalue weighted by Gasteiger charge is -2.61. The molecule has 4 unspecified atom stereocenters. The molecule has 0 saturated heterocycles. The molecule has 4 saturated carbocycles. The number of nitrogens with zero attached hydrogens (tertiary/aromatic N) is 1. The summed E-state index contributed by atoms with van der Waals surface area (Å²) in [5, 5.41) is 3.23. The summed E-state index contributed by atoms with van der Waals surface area (Å²) in [4.78, 5) is 12.6. The highest BCUT2D eigenvalue weighted by Gasteiger charge is 2.60. The number of nitrogens with one attached hydrogen (secondary N) is 1. The topological polar surface area (TPSA) is 29.1 Å². The third-order valence-corrected chi connectivity index (χ3v) is 12.3. The van der Waals surface area contributed by atoms with Gasteiger partial charge in [-0.05, 0) is 111 Å². The molecule has 0 bridgehead atoms. The monoisotopic (exact) mass is 487 g/mol. The van der Waals surface area contributed by atoms with E-state index in [9.17, 15) is 4.79 Å². The number of quaternary nitrogens is 1. The minimum Gasteiger partial charge on any atom is -0.356 e. The maximum Gasteiger partial charge on any atom is 0.220 e. The van der Waals surface area contributed by atoms with Crippen molar-refractivity contribution in [1.82, 2.24) is 5.32 Å². The van der Waals surface area contributed by atoms with Gasteiger partial charge in [-0.15, -0.1) is 0 Å². The van der Waals surface area contributed by atoms with Crippen molar-refractivity contribution in [3.05, 3.63) is 0 Å². The zero-order valence-electron chi connectivity index (χ0n) is 24.3. The van der Waals surface area contributed by atoms with E-state index >= 15 is 0 Å². The molecule has 4 aliphatic rings. The van der Waals surface area contributed by atoms with Crippen molar-refractivity contribution in [1.29, 1.82) is 0 Å². The van der Waals surface area contributed by atoms with E-state index in [0.717, 1.165) is 66.4 Å². The molecule has 0 radical (unpaired) electrons. The minimum atomic E-state index is 0.282. The van der Waals surface area contributed by atoms with Gasteiger partial charge in [-0.25, -0.2) is 0 Å². The molecule has 4 aliphatic carbocycles. The summed E-state index contributed by atoms with van der Waals surface area (Å²) in [7, 11) is 4.61. The van der Waals surface area contributed by atoms with Crippen molar-refractivity contribution in [2.45, 2.75) is 118 Å². The van der Waals surface area contributed by atoms with E-state index in [0.29, 0.717) is 16.7 Å². The van der Waals surface area contributed by atoms with E-state index in [-0.39, 0.29) is 5.91 Å². The fraction of sp³-hybridized carbons (Fsp3) is 0.969. The third kappa shape index (κ3) is 5.65.